The van der Waals surface area contributed by atoms with Crippen molar-refractivity contribution in [3.63, 3.8) is 0 Å². The summed E-state index contributed by atoms with van der Waals surface area (Å²) in [6.07, 6.45) is 0. The first-order valence-corrected chi connectivity index (χ1v) is 6.83. The van der Waals surface area contributed by atoms with Crippen molar-refractivity contribution in [2.45, 2.75) is 18.7 Å². The van der Waals surface area contributed by atoms with Crippen LogP contribution in [-0.4, -0.2) is 42.9 Å². The number of hydrogen-bond donors (Lipinski definition) is 0. The van der Waals surface area contributed by atoms with E-state index in [1.54, 1.807) is 12.0 Å². The molecule has 1 rings (SSSR count). The van der Waals surface area contributed by atoms with E-state index < -0.39 is 0 Å². The second-order valence-electron chi connectivity index (χ2n) is 4.49. The molecule has 1 aromatic carbocycles. The molecule has 0 aliphatic heterocycles. The second-order valence-corrected chi connectivity index (χ2v) is 5.78. The van der Waals surface area contributed by atoms with Crippen molar-refractivity contribution in [3.05, 3.63) is 34.9 Å². The number of ether oxygens (including phenoxy) is 1. The fourth-order valence-corrected chi connectivity index (χ4v) is 2.50. The quantitative estimate of drug-likeness (QED) is 0.782. The number of alkyl halides is 1. The van der Waals surface area contributed by atoms with Crippen LogP contribution in [0.1, 0.15) is 21.5 Å². The number of carbonyl (C=O) groups excluding carboxylic acids is 1. The van der Waals surface area contributed by atoms with Crippen molar-refractivity contribution in [1.29, 1.82) is 0 Å². The van der Waals surface area contributed by atoms with Gasteiger partial charge in [-0.15, -0.1) is 0 Å². The molecule has 1 aromatic rings. The molecule has 0 aliphatic rings. The smallest absolute Gasteiger partial charge is 0.253 e. The highest BCUT2D eigenvalue weighted by molar-refractivity contribution is 9.09. The molecule has 3 nitrogen and oxygen atoms in total. The van der Waals surface area contributed by atoms with Crippen LogP contribution in [0, 0.1) is 13.8 Å². The summed E-state index contributed by atoms with van der Waals surface area (Å²) in [4.78, 5) is 14.2. The van der Waals surface area contributed by atoms with Crippen LogP contribution < -0.4 is 0 Å². The molecule has 0 saturated heterocycles. The molecule has 0 aliphatic carbocycles. The Kier molecular flexibility index (Phi) is 5.82. The second kappa shape index (κ2) is 6.90. The van der Waals surface area contributed by atoms with E-state index >= 15 is 0 Å². The van der Waals surface area contributed by atoms with Gasteiger partial charge in [-0.3, -0.25) is 4.79 Å². The lowest BCUT2D eigenvalue weighted by Crippen LogP contribution is -2.34. The third kappa shape index (κ3) is 3.82. The minimum absolute atomic E-state index is 0.0525. The van der Waals surface area contributed by atoms with Gasteiger partial charge in [-0.25, -0.2) is 0 Å². The first-order valence-electron chi connectivity index (χ1n) is 5.92. The van der Waals surface area contributed by atoms with Crippen molar-refractivity contribution in [3.8, 4) is 0 Å². The normalized spacial score (nSPS) is 12.3. The predicted octanol–water partition coefficient (Wildman–Crippen LogP) is 2.79. The van der Waals surface area contributed by atoms with Gasteiger partial charge in [0.2, 0.25) is 0 Å². The van der Waals surface area contributed by atoms with E-state index in [1.807, 2.05) is 39.1 Å². The van der Waals surface area contributed by atoms with E-state index in [2.05, 4.69) is 15.9 Å². The Morgan fingerprint density at radius 2 is 2.11 bits per heavy atom. The fourth-order valence-electron chi connectivity index (χ4n) is 1.80. The maximum atomic E-state index is 12.3. The molecular formula is C14H20BrNO2. The van der Waals surface area contributed by atoms with Crippen LogP contribution in [0.25, 0.3) is 0 Å². The highest BCUT2D eigenvalue weighted by atomic mass is 79.9. The average molecular weight is 314 g/mol. The minimum atomic E-state index is 0.0525. The third-order valence-electron chi connectivity index (χ3n) is 3.00. The van der Waals surface area contributed by atoms with E-state index in [9.17, 15) is 4.79 Å². The molecular weight excluding hydrogens is 294 g/mol. The highest BCUT2D eigenvalue weighted by Gasteiger charge is 2.17. The molecule has 0 spiro atoms. The average Bonchev–Trinajstić information content (AvgIpc) is 2.32. The summed E-state index contributed by atoms with van der Waals surface area (Å²) in [5.41, 5.74) is 2.96. The van der Waals surface area contributed by atoms with Gasteiger partial charge in [0.1, 0.15) is 0 Å². The maximum absolute atomic E-state index is 12.3. The Balaban J connectivity index is 2.77. The van der Waals surface area contributed by atoms with Gasteiger partial charge in [-0.2, -0.15) is 0 Å². The molecule has 0 fully saturated rings. The number of nitrogens with zero attached hydrogens (tertiary/aromatic N) is 1. The zero-order valence-electron chi connectivity index (χ0n) is 11.4. The number of aryl methyl sites for hydroxylation is 1. The fraction of sp³-hybridized carbons (Fsp3) is 0.500. The van der Waals surface area contributed by atoms with E-state index in [1.165, 1.54) is 0 Å². The zero-order chi connectivity index (χ0) is 13.7. The van der Waals surface area contributed by atoms with E-state index in [-0.39, 0.29) is 10.7 Å². The number of carbonyl (C=O) groups is 1. The van der Waals surface area contributed by atoms with Gasteiger partial charge >= 0.3 is 0 Å². The molecule has 1 atom stereocenters. The molecule has 18 heavy (non-hydrogen) atoms. The number of methoxy groups -OCH3 is 1. The summed E-state index contributed by atoms with van der Waals surface area (Å²) < 4.78 is 5.05. The molecule has 0 radical (unpaired) electrons. The molecule has 0 aromatic heterocycles. The summed E-state index contributed by atoms with van der Waals surface area (Å²) in [6, 6.07) is 5.81. The maximum Gasteiger partial charge on any atom is 0.253 e. The number of rotatable bonds is 5. The predicted molar refractivity (Wildman–Crippen MR) is 77.5 cm³/mol. The lowest BCUT2D eigenvalue weighted by Gasteiger charge is -2.21. The van der Waals surface area contributed by atoms with E-state index in [0.717, 1.165) is 16.7 Å². The Labute approximate surface area is 117 Å². The number of halogens is 1. The van der Waals surface area contributed by atoms with Crippen LogP contribution in [-0.2, 0) is 4.74 Å². The van der Waals surface area contributed by atoms with Crippen LogP contribution in [0.3, 0.4) is 0 Å². The lowest BCUT2D eigenvalue weighted by atomic mass is 10.0. The van der Waals surface area contributed by atoms with Crippen molar-refractivity contribution in [2.24, 2.45) is 0 Å². The molecule has 0 N–H and O–H groups in total. The number of benzene rings is 1. The van der Waals surface area contributed by atoms with Gasteiger partial charge in [-0.05, 0) is 31.0 Å². The van der Waals surface area contributed by atoms with Crippen molar-refractivity contribution < 1.29 is 9.53 Å². The molecule has 4 heteroatoms. The molecule has 1 unspecified atom stereocenters. The molecule has 100 valence electrons. The highest BCUT2D eigenvalue weighted by Crippen LogP contribution is 2.15. The van der Waals surface area contributed by atoms with Crippen LogP contribution in [0.5, 0.6) is 0 Å². The summed E-state index contributed by atoms with van der Waals surface area (Å²) in [5, 5.41) is 0. The summed E-state index contributed by atoms with van der Waals surface area (Å²) in [7, 11) is 3.47. The Bertz CT molecular complexity index is 420. The van der Waals surface area contributed by atoms with Crippen LogP contribution in [0.15, 0.2) is 18.2 Å². The Morgan fingerprint density at radius 3 is 2.72 bits per heavy atom. The van der Waals surface area contributed by atoms with Gasteiger partial charge in [0.25, 0.3) is 5.91 Å². The van der Waals surface area contributed by atoms with Crippen molar-refractivity contribution >= 4 is 21.8 Å². The monoisotopic (exact) mass is 313 g/mol. The third-order valence-corrected chi connectivity index (χ3v) is 3.56. The summed E-state index contributed by atoms with van der Waals surface area (Å²) in [5.74, 6) is 0.0525. The molecule has 0 bridgehead atoms. The lowest BCUT2D eigenvalue weighted by molar-refractivity contribution is 0.0783. The zero-order valence-corrected chi connectivity index (χ0v) is 13.0. The molecule has 0 saturated carbocycles. The van der Waals surface area contributed by atoms with Crippen LogP contribution in [0.2, 0.25) is 0 Å². The number of hydrogen-bond acceptors (Lipinski definition) is 2. The Hall–Kier alpha value is -0.870. The van der Waals surface area contributed by atoms with Gasteiger partial charge < -0.3 is 9.64 Å². The van der Waals surface area contributed by atoms with E-state index in [0.29, 0.717) is 13.2 Å². The summed E-state index contributed by atoms with van der Waals surface area (Å²) in [6.45, 7) is 5.21. The largest absolute Gasteiger partial charge is 0.383 e. The first kappa shape index (κ1) is 15.2. The van der Waals surface area contributed by atoms with Crippen LogP contribution in [0.4, 0.5) is 0 Å². The topological polar surface area (TPSA) is 29.5 Å². The van der Waals surface area contributed by atoms with Crippen LogP contribution >= 0.6 is 15.9 Å². The van der Waals surface area contributed by atoms with Gasteiger partial charge in [0.15, 0.2) is 0 Å². The number of amides is 1. The molecule has 0 heterocycles. The standard InChI is InChI=1S/C14H20BrNO2/c1-10-6-5-7-13(11(10)2)14(17)16(3)8-12(15)9-18-4/h5-7,12H,8-9H2,1-4H3. The first-order chi connectivity index (χ1) is 8.47. The van der Waals surface area contributed by atoms with Gasteiger partial charge in [0, 0.05) is 26.3 Å². The van der Waals surface area contributed by atoms with Crippen molar-refractivity contribution in [1.82, 2.24) is 4.90 Å². The summed E-state index contributed by atoms with van der Waals surface area (Å²) >= 11 is 3.49. The Morgan fingerprint density at radius 1 is 1.44 bits per heavy atom. The van der Waals surface area contributed by atoms with Gasteiger partial charge in [0.05, 0.1) is 11.4 Å². The van der Waals surface area contributed by atoms with Gasteiger partial charge in [-0.1, -0.05) is 28.1 Å². The SMILES string of the molecule is COCC(Br)CN(C)C(=O)c1cccc(C)c1C. The van der Waals surface area contributed by atoms with Crippen molar-refractivity contribution in [2.75, 3.05) is 27.3 Å². The van der Waals surface area contributed by atoms with E-state index in [4.69, 9.17) is 4.74 Å². The minimum Gasteiger partial charge on any atom is -0.383 e. The molecule has 1 amide bonds.